The van der Waals surface area contributed by atoms with Gasteiger partial charge in [-0.25, -0.2) is 0 Å². The molecule has 0 amide bonds. The average Bonchev–Trinajstić information content (AvgIpc) is 2.28. The molecule has 0 bridgehead atoms. The minimum atomic E-state index is -0.499. The summed E-state index contributed by atoms with van der Waals surface area (Å²) in [7, 11) is 0. The van der Waals surface area contributed by atoms with Gasteiger partial charge in [0.2, 0.25) is 0 Å². The van der Waals surface area contributed by atoms with Gasteiger partial charge in [0.15, 0.2) is 5.78 Å². The third-order valence-electron chi connectivity index (χ3n) is 2.60. The Morgan fingerprint density at radius 2 is 1.82 bits per heavy atom. The van der Waals surface area contributed by atoms with Gasteiger partial charge in [0.05, 0.1) is 18.8 Å². The maximum Gasteiger partial charge on any atom is 0.177 e. The topological polar surface area (TPSA) is 47.6 Å². The van der Waals surface area contributed by atoms with Crippen LogP contribution in [-0.2, 0) is 14.3 Å². The van der Waals surface area contributed by atoms with Crippen LogP contribution in [0.3, 0.4) is 0 Å². The number of hydrogen-bond donors (Lipinski definition) is 1. The molecule has 0 atom stereocenters. The first kappa shape index (κ1) is 16.6. The van der Waals surface area contributed by atoms with Crippen LogP contribution in [0.4, 0.5) is 0 Å². The van der Waals surface area contributed by atoms with Crippen LogP contribution in [0.5, 0.6) is 0 Å². The van der Waals surface area contributed by atoms with Crippen molar-refractivity contribution in [2.24, 2.45) is 0 Å². The van der Waals surface area contributed by atoms with Crippen molar-refractivity contribution in [3.8, 4) is 0 Å². The SMILES string of the molecule is CCCCNC(C)(C)C(=O)COCCOCC. The Morgan fingerprint density at radius 1 is 1.18 bits per heavy atom. The van der Waals surface area contributed by atoms with Crippen molar-refractivity contribution in [1.29, 1.82) is 0 Å². The van der Waals surface area contributed by atoms with Crippen LogP contribution >= 0.6 is 0 Å². The number of ether oxygens (including phenoxy) is 2. The zero-order chi connectivity index (χ0) is 13.1. The van der Waals surface area contributed by atoms with Gasteiger partial charge in [0.1, 0.15) is 6.61 Å². The minimum absolute atomic E-state index is 0.0881. The van der Waals surface area contributed by atoms with Gasteiger partial charge in [-0.3, -0.25) is 4.79 Å². The standard InChI is InChI=1S/C13H27NO3/c1-5-7-8-14-13(3,4)12(15)11-17-10-9-16-6-2/h14H,5-11H2,1-4H3. The summed E-state index contributed by atoms with van der Waals surface area (Å²) >= 11 is 0. The van der Waals surface area contributed by atoms with Crippen molar-refractivity contribution in [2.75, 3.05) is 33.0 Å². The number of nitrogens with one attached hydrogen (secondary N) is 1. The highest BCUT2D eigenvalue weighted by Gasteiger charge is 2.25. The molecule has 0 saturated heterocycles. The lowest BCUT2D eigenvalue weighted by Gasteiger charge is -2.24. The van der Waals surface area contributed by atoms with Crippen molar-refractivity contribution < 1.29 is 14.3 Å². The molecule has 4 nitrogen and oxygen atoms in total. The lowest BCUT2D eigenvalue weighted by atomic mass is 9.99. The van der Waals surface area contributed by atoms with Crippen molar-refractivity contribution >= 4 is 5.78 Å². The highest BCUT2D eigenvalue weighted by Crippen LogP contribution is 2.04. The highest BCUT2D eigenvalue weighted by molar-refractivity contribution is 5.88. The lowest BCUT2D eigenvalue weighted by molar-refractivity contribution is -0.129. The third-order valence-corrected chi connectivity index (χ3v) is 2.60. The maximum atomic E-state index is 11.9. The molecule has 4 heteroatoms. The predicted octanol–water partition coefficient (Wildman–Crippen LogP) is 1.78. The van der Waals surface area contributed by atoms with Crippen LogP contribution in [0.2, 0.25) is 0 Å². The molecule has 0 unspecified atom stereocenters. The van der Waals surface area contributed by atoms with Crippen molar-refractivity contribution in [3.05, 3.63) is 0 Å². The number of Topliss-reactive ketones (excluding diaryl/α,β-unsaturated/α-hetero) is 1. The molecule has 0 radical (unpaired) electrons. The van der Waals surface area contributed by atoms with Crippen LogP contribution in [0.25, 0.3) is 0 Å². The molecular weight excluding hydrogens is 218 g/mol. The second-order valence-electron chi connectivity index (χ2n) is 4.58. The highest BCUT2D eigenvalue weighted by atomic mass is 16.5. The molecule has 0 spiro atoms. The molecule has 0 heterocycles. The predicted molar refractivity (Wildman–Crippen MR) is 69.3 cm³/mol. The quantitative estimate of drug-likeness (QED) is 0.564. The van der Waals surface area contributed by atoms with Crippen LogP contribution < -0.4 is 5.32 Å². The molecule has 0 fully saturated rings. The van der Waals surface area contributed by atoms with Crippen LogP contribution in [0.1, 0.15) is 40.5 Å². The third kappa shape index (κ3) is 8.30. The van der Waals surface area contributed by atoms with E-state index in [0.717, 1.165) is 19.4 Å². The summed E-state index contributed by atoms with van der Waals surface area (Å²) in [6.45, 7) is 10.6. The molecule has 0 saturated carbocycles. The van der Waals surface area contributed by atoms with Crippen molar-refractivity contribution in [2.45, 2.75) is 46.1 Å². The van der Waals surface area contributed by atoms with E-state index in [0.29, 0.717) is 19.8 Å². The minimum Gasteiger partial charge on any atom is -0.379 e. The fraction of sp³-hybridized carbons (Fsp3) is 0.923. The first-order valence-electron chi connectivity index (χ1n) is 6.48. The Kier molecular flexibility index (Phi) is 9.31. The lowest BCUT2D eigenvalue weighted by Crippen LogP contribution is -2.48. The molecule has 0 aliphatic carbocycles. The Hall–Kier alpha value is -0.450. The van der Waals surface area contributed by atoms with E-state index in [1.54, 1.807) is 0 Å². The number of unbranched alkanes of at least 4 members (excludes halogenated alkanes) is 1. The second-order valence-corrected chi connectivity index (χ2v) is 4.58. The van der Waals surface area contributed by atoms with E-state index >= 15 is 0 Å². The maximum absolute atomic E-state index is 11.9. The summed E-state index contributed by atoms with van der Waals surface area (Å²) < 4.78 is 10.4. The van der Waals surface area contributed by atoms with Crippen LogP contribution in [0, 0.1) is 0 Å². The average molecular weight is 245 g/mol. The van der Waals surface area contributed by atoms with Gasteiger partial charge < -0.3 is 14.8 Å². The largest absolute Gasteiger partial charge is 0.379 e. The van der Waals surface area contributed by atoms with Gasteiger partial charge in [-0.15, -0.1) is 0 Å². The van der Waals surface area contributed by atoms with E-state index < -0.39 is 5.54 Å². The molecule has 0 aliphatic rings. The monoisotopic (exact) mass is 245 g/mol. The van der Waals surface area contributed by atoms with Crippen molar-refractivity contribution in [1.82, 2.24) is 5.32 Å². The molecule has 0 aromatic rings. The smallest absolute Gasteiger partial charge is 0.177 e. The number of carbonyl (C=O) groups excluding carboxylic acids is 1. The van der Waals surface area contributed by atoms with Gasteiger partial charge in [0.25, 0.3) is 0 Å². The zero-order valence-electron chi connectivity index (χ0n) is 11.7. The van der Waals surface area contributed by atoms with Gasteiger partial charge in [-0.1, -0.05) is 13.3 Å². The first-order valence-corrected chi connectivity index (χ1v) is 6.48. The van der Waals surface area contributed by atoms with Gasteiger partial charge in [0, 0.05) is 6.61 Å². The molecule has 0 rings (SSSR count). The van der Waals surface area contributed by atoms with E-state index in [-0.39, 0.29) is 12.4 Å². The number of ketones is 1. The summed E-state index contributed by atoms with van der Waals surface area (Å²) in [5, 5.41) is 3.25. The number of hydrogen-bond acceptors (Lipinski definition) is 4. The Balaban J connectivity index is 3.70. The summed E-state index contributed by atoms with van der Waals surface area (Å²) in [5.41, 5.74) is -0.499. The van der Waals surface area contributed by atoms with Gasteiger partial charge >= 0.3 is 0 Å². The van der Waals surface area contributed by atoms with E-state index in [1.165, 1.54) is 0 Å². The van der Waals surface area contributed by atoms with Crippen molar-refractivity contribution in [3.63, 3.8) is 0 Å². The van der Waals surface area contributed by atoms with Crippen LogP contribution in [-0.4, -0.2) is 44.3 Å². The fourth-order valence-corrected chi connectivity index (χ4v) is 1.28. The normalized spacial score (nSPS) is 11.8. The first-order chi connectivity index (χ1) is 8.04. The molecular formula is C13H27NO3. The van der Waals surface area contributed by atoms with E-state index in [4.69, 9.17) is 9.47 Å². The molecule has 1 N–H and O–H groups in total. The van der Waals surface area contributed by atoms with E-state index in [9.17, 15) is 4.79 Å². The summed E-state index contributed by atoms with van der Waals surface area (Å²) in [6, 6.07) is 0. The molecule has 0 aliphatic heterocycles. The Bertz CT molecular complexity index is 205. The Morgan fingerprint density at radius 3 is 2.41 bits per heavy atom. The Labute approximate surface area is 105 Å². The zero-order valence-corrected chi connectivity index (χ0v) is 11.7. The molecule has 0 aromatic carbocycles. The molecule has 102 valence electrons. The van der Waals surface area contributed by atoms with E-state index in [2.05, 4.69) is 12.2 Å². The molecule has 17 heavy (non-hydrogen) atoms. The number of rotatable bonds is 11. The van der Waals surface area contributed by atoms with Gasteiger partial charge in [-0.2, -0.15) is 0 Å². The second kappa shape index (κ2) is 9.57. The van der Waals surface area contributed by atoms with Crippen LogP contribution in [0.15, 0.2) is 0 Å². The summed E-state index contributed by atoms with van der Waals surface area (Å²) in [4.78, 5) is 11.9. The van der Waals surface area contributed by atoms with Gasteiger partial charge in [-0.05, 0) is 33.7 Å². The fourth-order valence-electron chi connectivity index (χ4n) is 1.28. The van der Waals surface area contributed by atoms with E-state index in [1.807, 2.05) is 20.8 Å². The number of carbonyl (C=O) groups is 1. The molecule has 0 aromatic heterocycles. The summed E-state index contributed by atoms with van der Waals surface area (Å²) in [6.07, 6.45) is 2.21. The summed E-state index contributed by atoms with van der Waals surface area (Å²) in [5.74, 6) is 0.0881.